The zero-order valence-corrected chi connectivity index (χ0v) is 26.2. The molecule has 0 bridgehead atoms. The van der Waals surface area contributed by atoms with E-state index >= 15 is 0 Å². The molecule has 3 aliphatic rings. The van der Waals surface area contributed by atoms with Crippen LogP contribution in [0, 0.1) is 17.8 Å². The van der Waals surface area contributed by atoms with E-state index in [1.807, 2.05) is 32.0 Å². The molecule has 2 aromatic carbocycles. The van der Waals surface area contributed by atoms with Crippen molar-refractivity contribution in [2.75, 3.05) is 31.2 Å². The van der Waals surface area contributed by atoms with Crippen molar-refractivity contribution in [1.29, 1.82) is 0 Å². The third kappa shape index (κ3) is 6.47. The number of rotatable bonds is 10. The normalized spacial score (nSPS) is 25.0. The Morgan fingerprint density at radius 1 is 1.24 bits per heavy atom. The minimum atomic E-state index is -1.45. The number of hydrogen-bond donors (Lipinski definition) is 2. The number of aliphatic hydroxyl groups is 1. The number of hydrogen-bond acceptors (Lipinski definition) is 5. The number of aryl methyl sites for hydroxylation is 1. The SMILES string of the molecule is CCCCC(CO)C1CCC1CN1C[C@@]2(CCCc3cc(Cl)ccc32)COc2ccc(C(=O)NS(=O)C(C)C)cc21. The molecule has 224 valence electrons. The molecule has 5 rings (SSSR count). The van der Waals surface area contributed by atoms with Gasteiger partial charge in [0.2, 0.25) is 0 Å². The summed E-state index contributed by atoms with van der Waals surface area (Å²) in [5.41, 5.74) is 3.84. The lowest BCUT2D eigenvalue weighted by molar-refractivity contribution is 0.0578. The zero-order valence-electron chi connectivity index (χ0n) is 24.7. The van der Waals surface area contributed by atoms with Crippen LogP contribution in [0.3, 0.4) is 0 Å². The number of carbonyl (C=O) groups excluding carboxylic acids is 1. The molecule has 2 aromatic rings. The summed E-state index contributed by atoms with van der Waals surface area (Å²) < 4.78 is 21.6. The van der Waals surface area contributed by atoms with Crippen molar-refractivity contribution in [2.24, 2.45) is 17.8 Å². The Kier molecular flexibility index (Phi) is 9.67. The lowest BCUT2D eigenvalue weighted by Crippen LogP contribution is -2.49. The molecule has 1 amide bonds. The van der Waals surface area contributed by atoms with Crippen LogP contribution in [0.15, 0.2) is 36.4 Å². The first-order chi connectivity index (χ1) is 19.7. The van der Waals surface area contributed by atoms with Gasteiger partial charge in [0.25, 0.3) is 5.91 Å². The average molecular weight is 601 g/mol. The molecule has 1 aliphatic heterocycles. The van der Waals surface area contributed by atoms with Crippen molar-refractivity contribution in [3.63, 3.8) is 0 Å². The third-order valence-corrected chi connectivity index (χ3v) is 11.1. The highest BCUT2D eigenvalue weighted by Gasteiger charge is 2.44. The topological polar surface area (TPSA) is 78.9 Å². The van der Waals surface area contributed by atoms with Gasteiger partial charge in [-0.25, -0.2) is 4.21 Å². The highest BCUT2D eigenvalue weighted by molar-refractivity contribution is 7.84. The molecular weight excluding hydrogens is 556 g/mol. The lowest BCUT2D eigenvalue weighted by Gasteiger charge is -2.46. The second kappa shape index (κ2) is 13.0. The summed E-state index contributed by atoms with van der Waals surface area (Å²) in [4.78, 5) is 15.5. The summed E-state index contributed by atoms with van der Waals surface area (Å²) >= 11 is 6.41. The van der Waals surface area contributed by atoms with Crippen LogP contribution in [-0.2, 0) is 22.8 Å². The Labute approximate surface area is 252 Å². The maximum Gasteiger partial charge on any atom is 0.263 e. The highest BCUT2D eigenvalue weighted by Crippen LogP contribution is 2.47. The highest BCUT2D eigenvalue weighted by atomic mass is 35.5. The Bertz CT molecular complexity index is 1270. The molecule has 2 N–H and O–H groups in total. The predicted molar refractivity (Wildman–Crippen MR) is 167 cm³/mol. The summed E-state index contributed by atoms with van der Waals surface area (Å²) in [5.74, 6) is 1.77. The van der Waals surface area contributed by atoms with Crippen LogP contribution in [0.4, 0.5) is 5.69 Å². The molecule has 1 spiro atoms. The molecule has 5 atom stereocenters. The number of fused-ring (bicyclic) bond motifs is 3. The second-order valence-electron chi connectivity index (χ2n) is 12.7. The summed E-state index contributed by atoms with van der Waals surface area (Å²) in [6, 6.07) is 11.9. The summed E-state index contributed by atoms with van der Waals surface area (Å²) in [5, 5.41) is 10.8. The van der Waals surface area contributed by atoms with Crippen molar-refractivity contribution in [3.8, 4) is 5.75 Å². The van der Waals surface area contributed by atoms with Gasteiger partial charge in [-0.2, -0.15) is 0 Å². The van der Waals surface area contributed by atoms with E-state index in [1.165, 1.54) is 11.1 Å². The molecule has 2 aliphatic carbocycles. The molecule has 1 saturated carbocycles. The van der Waals surface area contributed by atoms with Crippen LogP contribution in [0.25, 0.3) is 0 Å². The maximum absolute atomic E-state index is 13.1. The zero-order chi connectivity index (χ0) is 29.1. The monoisotopic (exact) mass is 600 g/mol. The van der Waals surface area contributed by atoms with Crippen LogP contribution in [0.5, 0.6) is 5.75 Å². The van der Waals surface area contributed by atoms with E-state index < -0.39 is 11.0 Å². The number of unbranched alkanes of at least 4 members (excludes halogenated alkanes) is 1. The second-order valence-corrected chi connectivity index (χ2v) is 14.8. The molecule has 0 aromatic heterocycles. The van der Waals surface area contributed by atoms with E-state index in [2.05, 4.69) is 28.7 Å². The van der Waals surface area contributed by atoms with Crippen molar-refractivity contribution in [2.45, 2.75) is 82.8 Å². The van der Waals surface area contributed by atoms with Crippen molar-refractivity contribution in [3.05, 3.63) is 58.1 Å². The summed E-state index contributed by atoms with van der Waals surface area (Å²) in [7, 11) is -1.45. The van der Waals surface area contributed by atoms with E-state index in [0.29, 0.717) is 29.9 Å². The molecular formula is C33H45ClN2O4S. The van der Waals surface area contributed by atoms with Gasteiger partial charge in [0.1, 0.15) is 16.7 Å². The van der Waals surface area contributed by atoms with E-state index in [4.69, 9.17) is 16.3 Å². The van der Waals surface area contributed by atoms with E-state index in [1.54, 1.807) is 6.07 Å². The molecule has 0 saturated heterocycles. The predicted octanol–water partition coefficient (Wildman–Crippen LogP) is 6.44. The molecule has 1 heterocycles. The van der Waals surface area contributed by atoms with Crippen molar-refractivity contribution < 1.29 is 18.8 Å². The van der Waals surface area contributed by atoms with Crippen LogP contribution in [-0.4, -0.2) is 46.8 Å². The molecule has 4 unspecified atom stereocenters. The largest absolute Gasteiger partial charge is 0.490 e. The minimum Gasteiger partial charge on any atom is -0.490 e. The first kappa shape index (κ1) is 30.4. The van der Waals surface area contributed by atoms with Gasteiger partial charge >= 0.3 is 0 Å². The van der Waals surface area contributed by atoms with Gasteiger partial charge in [-0.1, -0.05) is 37.4 Å². The van der Waals surface area contributed by atoms with E-state index in [0.717, 1.165) is 80.9 Å². The van der Waals surface area contributed by atoms with E-state index in [9.17, 15) is 14.1 Å². The molecule has 41 heavy (non-hydrogen) atoms. The van der Waals surface area contributed by atoms with Crippen LogP contribution < -0.4 is 14.4 Å². The number of halogens is 1. The first-order valence-electron chi connectivity index (χ1n) is 15.4. The smallest absolute Gasteiger partial charge is 0.263 e. The number of nitrogens with one attached hydrogen (secondary N) is 1. The number of aliphatic hydroxyl groups excluding tert-OH is 1. The Hall–Kier alpha value is -2.09. The van der Waals surface area contributed by atoms with Crippen molar-refractivity contribution in [1.82, 2.24) is 4.72 Å². The lowest BCUT2D eigenvalue weighted by atomic mass is 9.65. The fourth-order valence-corrected chi connectivity index (χ4v) is 7.89. The van der Waals surface area contributed by atoms with Crippen LogP contribution in [0.2, 0.25) is 5.02 Å². The number of benzene rings is 2. The third-order valence-electron chi connectivity index (χ3n) is 9.62. The molecule has 8 heteroatoms. The number of amides is 1. The average Bonchev–Trinajstić information content (AvgIpc) is 3.09. The van der Waals surface area contributed by atoms with E-state index in [-0.39, 0.29) is 23.2 Å². The molecule has 0 radical (unpaired) electrons. The summed E-state index contributed by atoms with van der Waals surface area (Å²) in [6.07, 6.45) is 8.78. The Balaban J connectivity index is 1.49. The standard InChI is InChI=1S/C33H45ClN2O4S/c1-4-5-7-26(19-37)28-12-9-25(28)18-36-20-33(15-6-8-23-16-27(34)11-13-29(23)33)21-40-31-14-10-24(17-30(31)36)32(38)35-41(39)22(2)3/h10-11,13-14,16-17,22,25-26,28,37H,4-9,12,15,18-21H2,1-3H3,(H,35,38)/t25?,26?,28?,33-,41?/m0/s1. The maximum atomic E-state index is 13.1. The van der Waals surface area contributed by atoms with Gasteiger partial charge in [-0.3, -0.25) is 9.52 Å². The number of carbonyl (C=O) groups is 1. The quantitative estimate of drug-likeness (QED) is 0.328. The fraction of sp³-hybridized carbons (Fsp3) is 0.606. The first-order valence-corrected chi connectivity index (χ1v) is 17.0. The van der Waals surface area contributed by atoms with Gasteiger partial charge in [-0.15, -0.1) is 0 Å². The van der Waals surface area contributed by atoms with Crippen LogP contribution >= 0.6 is 11.6 Å². The van der Waals surface area contributed by atoms with Crippen molar-refractivity contribution >= 4 is 34.2 Å². The minimum absolute atomic E-state index is 0.165. The fourth-order valence-electron chi connectivity index (χ4n) is 7.16. The van der Waals surface area contributed by atoms with Gasteiger partial charge in [0.15, 0.2) is 0 Å². The Morgan fingerprint density at radius 2 is 2.07 bits per heavy atom. The van der Waals surface area contributed by atoms with Gasteiger partial charge in [-0.05, 0) is 112 Å². The Morgan fingerprint density at radius 3 is 2.78 bits per heavy atom. The molecule has 1 fully saturated rings. The number of nitrogens with zero attached hydrogens (tertiary/aromatic N) is 1. The number of anilines is 1. The van der Waals surface area contributed by atoms with Gasteiger partial charge in [0, 0.05) is 40.9 Å². The van der Waals surface area contributed by atoms with Gasteiger partial charge in [0.05, 0.1) is 12.3 Å². The number of ether oxygens (including phenoxy) is 1. The van der Waals surface area contributed by atoms with Gasteiger partial charge < -0.3 is 14.7 Å². The molecule has 6 nitrogen and oxygen atoms in total. The van der Waals surface area contributed by atoms with Crippen LogP contribution in [0.1, 0.15) is 87.2 Å². The summed E-state index contributed by atoms with van der Waals surface area (Å²) in [6.45, 7) is 8.32.